The van der Waals surface area contributed by atoms with E-state index in [0.717, 1.165) is 18.4 Å². The van der Waals surface area contributed by atoms with Crippen molar-refractivity contribution in [3.05, 3.63) is 29.8 Å². The Bertz CT molecular complexity index is 480. The van der Waals surface area contributed by atoms with Gasteiger partial charge in [0.15, 0.2) is 9.84 Å². The minimum atomic E-state index is -3.25. The van der Waals surface area contributed by atoms with E-state index in [0.29, 0.717) is 24.0 Å². The summed E-state index contributed by atoms with van der Waals surface area (Å²) in [4.78, 5) is 0.334. The van der Waals surface area contributed by atoms with E-state index in [1.807, 2.05) is 0 Å². The molecule has 4 nitrogen and oxygen atoms in total. The highest BCUT2D eigenvalue weighted by atomic mass is 32.2. The van der Waals surface area contributed by atoms with Gasteiger partial charge in [0.2, 0.25) is 0 Å². The fourth-order valence-electron chi connectivity index (χ4n) is 1.82. The molecular formula is C15H25NO3S. The maximum atomic E-state index is 12.1. The van der Waals surface area contributed by atoms with Crippen LogP contribution in [-0.4, -0.2) is 27.4 Å². The van der Waals surface area contributed by atoms with Gasteiger partial charge in [0, 0.05) is 13.2 Å². The molecule has 0 saturated carbocycles. The van der Waals surface area contributed by atoms with Crippen molar-refractivity contribution in [2.75, 3.05) is 19.0 Å². The average molecular weight is 299 g/mol. The molecule has 0 radical (unpaired) electrons. The third-order valence-electron chi connectivity index (χ3n) is 3.08. The zero-order valence-corrected chi connectivity index (χ0v) is 13.2. The molecule has 1 rings (SSSR count). The molecular weight excluding hydrogens is 274 g/mol. The van der Waals surface area contributed by atoms with Crippen LogP contribution in [0.2, 0.25) is 0 Å². The van der Waals surface area contributed by atoms with Gasteiger partial charge >= 0.3 is 0 Å². The number of hydrogen-bond acceptors (Lipinski definition) is 4. The van der Waals surface area contributed by atoms with E-state index in [1.54, 1.807) is 24.3 Å². The fraction of sp³-hybridized carbons (Fsp3) is 0.600. The summed E-state index contributed by atoms with van der Waals surface area (Å²) in [6, 6.07) is 6.71. The van der Waals surface area contributed by atoms with Gasteiger partial charge in [-0.25, -0.2) is 8.42 Å². The van der Waals surface area contributed by atoms with Crippen LogP contribution in [0.25, 0.3) is 0 Å². The molecule has 0 unspecified atom stereocenters. The number of nitrogens with two attached hydrogens (primary N) is 1. The molecule has 1 aromatic rings. The smallest absolute Gasteiger partial charge is 0.180 e. The van der Waals surface area contributed by atoms with E-state index >= 15 is 0 Å². The molecule has 1 aromatic carbocycles. The lowest BCUT2D eigenvalue weighted by molar-refractivity contribution is 0.142. The lowest BCUT2D eigenvalue weighted by Crippen LogP contribution is -2.13. The number of sulfone groups is 1. The van der Waals surface area contributed by atoms with Crippen molar-refractivity contribution in [2.45, 2.75) is 38.1 Å². The minimum Gasteiger partial charge on any atom is -0.380 e. The van der Waals surface area contributed by atoms with Crippen molar-refractivity contribution in [1.82, 2.24) is 0 Å². The SMILES string of the molecule is CC(C)CCCOCCS(=O)(=O)c1ccc(CN)cc1. The highest BCUT2D eigenvalue weighted by Crippen LogP contribution is 2.12. The Kier molecular flexibility index (Phi) is 7.19. The predicted molar refractivity (Wildman–Crippen MR) is 81.3 cm³/mol. The molecule has 0 aliphatic heterocycles. The Morgan fingerprint density at radius 2 is 1.80 bits per heavy atom. The van der Waals surface area contributed by atoms with Gasteiger partial charge in [-0.05, 0) is 36.5 Å². The summed E-state index contributed by atoms with van der Waals surface area (Å²) in [5.41, 5.74) is 6.41. The van der Waals surface area contributed by atoms with Crippen molar-refractivity contribution < 1.29 is 13.2 Å². The summed E-state index contributed by atoms with van der Waals surface area (Å²) in [5, 5.41) is 0. The van der Waals surface area contributed by atoms with Crippen LogP contribution in [0, 0.1) is 5.92 Å². The summed E-state index contributed by atoms with van der Waals surface area (Å²) in [6.45, 7) is 5.61. The van der Waals surface area contributed by atoms with Crippen molar-refractivity contribution in [2.24, 2.45) is 11.7 Å². The lowest BCUT2D eigenvalue weighted by Gasteiger charge is -2.07. The van der Waals surface area contributed by atoms with Crippen molar-refractivity contribution in [3.8, 4) is 0 Å². The molecule has 0 spiro atoms. The van der Waals surface area contributed by atoms with E-state index in [-0.39, 0.29) is 12.4 Å². The second-order valence-electron chi connectivity index (χ2n) is 5.32. The molecule has 0 heterocycles. The molecule has 0 atom stereocenters. The van der Waals surface area contributed by atoms with Crippen LogP contribution in [0.5, 0.6) is 0 Å². The second-order valence-corrected chi connectivity index (χ2v) is 7.42. The molecule has 0 bridgehead atoms. The third kappa shape index (κ3) is 6.03. The second kappa shape index (κ2) is 8.39. The molecule has 114 valence electrons. The Labute approximate surface area is 122 Å². The molecule has 0 aliphatic carbocycles. The summed E-state index contributed by atoms with van der Waals surface area (Å²) >= 11 is 0. The van der Waals surface area contributed by atoms with Gasteiger partial charge in [-0.1, -0.05) is 26.0 Å². The molecule has 2 N–H and O–H groups in total. The summed E-state index contributed by atoms with van der Waals surface area (Å²) < 4.78 is 29.5. The molecule has 0 aliphatic rings. The first-order valence-corrected chi connectivity index (χ1v) is 8.70. The van der Waals surface area contributed by atoms with Gasteiger partial charge < -0.3 is 10.5 Å². The predicted octanol–water partition coefficient (Wildman–Crippen LogP) is 2.37. The molecule has 5 heteroatoms. The zero-order chi connectivity index (χ0) is 15.0. The van der Waals surface area contributed by atoms with E-state index in [4.69, 9.17) is 10.5 Å². The van der Waals surface area contributed by atoms with Crippen molar-refractivity contribution >= 4 is 9.84 Å². The van der Waals surface area contributed by atoms with Crippen LogP contribution >= 0.6 is 0 Å². The van der Waals surface area contributed by atoms with Gasteiger partial charge in [-0.2, -0.15) is 0 Å². The van der Waals surface area contributed by atoms with Crippen LogP contribution in [0.4, 0.5) is 0 Å². The van der Waals surface area contributed by atoms with Crippen LogP contribution in [0.3, 0.4) is 0 Å². The number of benzene rings is 1. The van der Waals surface area contributed by atoms with Crippen LogP contribution in [0.15, 0.2) is 29.2 Å². The highest BCUT2D eigenvalue weighted by Gasteiger charge is 2.13. The Morgan fingerprint density at radius 1 is 1.15 bits per heavy atom. The first kappa shape index (κ1) is 17.1. The fourth-order valence-corrected chi connectivity index (χ4v) is 2.94. The number of rotatable bonds is 9. The number of ether oxygens (including phenoxy) is 1. The van der Waals surface area contributed by atoms with Gasteiger partial charge in [-0.3, -0.25) is 0 Å². The first-order chi connectivity index (χ1) is 9.45. The van der Waals surface area contributed by atoms with E-state index in [9.17, 15) is 8.42 Å². The largest absolute Gasteiger partial charge is 0.380 e. The lowest BCUT2D eigenvalue weighted by atomic mass is 10.1. The number of hydrogen-bond donors (Lipinski definition) is 1. The molecule has 20 heavy (non-hydrogen) atoms. The van der Waals surface area contributed by atoms with E-state index in [1.165, 1.54) is 0 Å². The van der Waals surface area contributed by atoms with Gasteiger partial charge in [-0.15, -0.1) is 0 Å². The summed E-state index contributed by atoms with van der Waals surface area (Å²) in [7, 11) is -3.25. The van der Waals surface area contributed by atoms with Crippen molar-refractivity contribution in [1.29, 1.82) is 0 Å². The molecule has 0 fully saturated rings. The highest BCUT2D eigenvalue weighted by molar-refractivity contribution is 7.91. The molecule has 0 aromatic heterocycles. The van der Waals surface area contributed by atoms with Gasteiger partial charge in [0.25, 0.3) is 0 Å². The summed E-state index contributed by atoms with van der Waals surface area (Å²) in [5.74, 6) is 0.680. The van der Waals surface area contributed by atoms with Crippen LogP contribution < -0.4 is 5.73 Å². The Hall–Kier alpha value is -0.910. The van der Waals surface area contributed by atoms with Gasteiger partial charge in [0.05, 0.1) is 17.3 Å². The monoisotopic (exact) mass is 299 g/mol. The maximum Gasteiger partial charge on any atom is 0.180 e. The molecule has 0 amide bonds. The van der Waals surface area contributed by atoms with E-state index < -0.39 is 9.84 Å². The van der Waals surface area contributed by atoms with Gasteiger partial charge in [0.1, 0.15) is 0 Å². The third-order valence-corrected chi connectivity index (χ3v) is 4.78. The topological polar surface area (TPSA) is 69.4 Å². The Balaban J connectivity index is 2.37. The average Bonchev–Trinajstić information content (AvgIpc) is 2.42. The first-order valence-electron chi connectivity index (χ1n) is 7.05. The molecule has 0 saturated heterocycles. The zero-order valence-electron chi connectivity index (χ0n) is 12.3. The van der Waals surface area contributed by atoms with E-state index in [2.05, 4.69) is 13.8 Å². The maximum absolute atomic E-state index is 12.1. The minimum absolute atomic E-state index is 0.0245. The Morgan fingerprint density at radius 3 is 2.35 bits per heavy atom. The quantitative estimate of drug-likeness (QED) is 0.711. The van der Waals surface area contributed by atoms with Crippen LogP contribution in [-0.2, 0) is 21.1 Å². The summed E-state index contributed by atoms with van der Waals surface area (Å²) in [6.07, 6.45) is 2.08. The van der Waals surface area contributed by atoms with Crippen molar-refractivity contribution in [3.63, 3.8) is 0 Å². The normalized spacial score (nSPS) is 12.0. The van der Waals surface area contributed by atoms with Crippen LogP contribution in [0.1, 0.15) is 32.3 Å². The standard InChI is InChI=1S/C15H25NO3S/c1-13(2)4-3-9-19-10-11-20(17,18)15-7-5-14(12-16)6-8-15/h5-8,13H,3-4,9-12,16H2,1-2H3.